The van der Waals surface area contributed by atoms with E-state index in [-0.39, 0.29) is 39.4 Å². The minimum atomic E-state index is -4.40. The van der Waals surface area contributed by atoms with Gasteiger partial charge in [0.1, 0.15) is 0 Å². The van der Waals surface area contributed by atoms with E-state index < -0.39 is 17.7 Å². The predicted octanol–water partition coefficient (Wildman–Crippen LogP) is 12.1. The fourth-order valence-electron chi connectivity index (χ4n) is 12.9. The Morgan fingerprint density at radius 2 is 1.50 bits per heavy atom. The molecule has 7 rings (SSSR count). The molecule has 4 nitrogen and oxygen atoms in total. The SMILES string of the molecule is C#C.C#C.C#C.C=CC.CC1(C)C(c2ccc(C(=O)O)cc2)=CC[C@@]2(C)C1CC[C@]1(C)C2CC[C@@H]2C3CCC[C@]3(NCc3ncccc3C(F)(F)F)CC[C@]21C. The number of nitrogens with zero attached hydrogens (tertiary/aromatic N) is 1. The van der Waals surface area contributed by atoms with Gasteiger partial charge in [-0.25, -0.2) is 4.79 Å². The third-order valence-corrected chi connectivity index (χ3v) is 15.2. The van der Waals surface area contributed by atoms with Gasteiger partial charge in [-0.3, -0.25) is 4.98 Å². The van der Waals surface area contributed by atoms with Crippen LogP contribution in [0.2, 0.25) is 0 Å². The van der Waals surface area contributed by atoms with Crippen LogP contribution in [0.5, 0.6) is 0 Å². The average Bonchev–Trinajstić information content (AvgIpc) is 3.61. The highest BCUT2D eigenvalue weighted by Crippen LogP contribution is 2.76. The number of fused-ring (bicyclic) bond motifs is 7. The molecular weight excluding hydrogens is 706 g/mol. The van der Waals surface area contributed by atoms with E-state index in [4.69, 9.17) is 0 Å². The Balaban J connectivity index is 0.000000867. The van der Waals surface area contributed by atoms with E-state index in [1.807, 2.05) is 19.1 Å². The molecule has 302 valence electrons. The van der Waals surface area contributed by atoms with Gasteiger partial charge in [0.15, 0.2) is 0 Å². The molecule has 4 saturated carbocycles. The second kappa shape index (κ2) is 17.9. The summed E-state index contributed by atoms with van der Waals surface area (Å²) in [7, 11) is 0. The zero-order valence-electron chi connectivity index (χ0n) is 34.4. The number of pyridine rings is 1. The molecule has 1 aromatic heterocycles. The summed E-state index contributed by atoms with van der Waals surface area (Å²) in [6.45, 7) is 18.0. The molecule has 0 spiro atoms. The number of aromatic nitrogens is 1. The Labute approximate surface area is 335 Å². The monoisotopic (exact) mass is 768 g/mol. The first-order valence-electron chi connectivity index (χ1n) is 19.9. The maximum Gasteiger partial charge on any atom is 0.418 e. The zero-order valence-corrected chi connectivity index (χ0v) is 34.4. The third kappa shape index (κ3) is 7.85. The topological polar surface area (TPSA) is 62.2 Å². The highest BCUT2D eigenvalue weighted by atomic mass is 19.4. The molecule has 5 aliphatic rings. The minimum absolute atomic E-state index is 0.0331. The highest BCUT2D eigenvalue weighted by molar-refractivity contribution is 5.88. The number of aromatic carboxylic acids is 1. The van der Waals surface area contributed by atoms with E-state index in [9.17, 15) is 23.1 Å². The van der Waals surface area contributed by atoms with E-state index in [0.29, 0.717) is 29.2 Å². The second-order valence-corrected chi connectivity index (χ2v) is 17.5. The van der Waals surface area contributed by atoms with Gasteiger partial charge >= 0.3 is 12.1 Å². The van der Waals surface area contributed by atoms with Crippen LogP contribution in [0.4, 0.5) is 13.2 Å². The van der Waals surface area contributed by atoms with E-state index in [2.05, 4.69) is 96.1 Å². The Morgan fingerprint density at radius 1 is 0.875 bits per heavy atom. The van der Waals surface area contributed by atoms with Crippen LogP contribution in [0.25, 0.3) is 5.57 Å². The number of carboxylic acid groups (broad SMARTS) is 1. The lowest BCUT2D eigenvalue weighted by Crippen LogP contribution is -2.67. The van der Waals surface area contributed by atoms with Crippen molar-refractivity contribution in [3.05, 3.63) is 83.7 Å². The standard InChI is InChI=1S/C40H51F3N2O2.C3H6.3C2H2/c1-35(2)27(25-10-12-26(13-11-25)34(46)47)16-19-36(3)32(35)17-20-38(5)33(36)15-14-28-29-8-6-18-39(29,22-21-37(28,38)4)45-24-31-30(40(41,42)43)9-7-23-44-31;1-3-2;3*1-2/h7,9-13,16,23,28-29,32-33,45H,6,8,14-15,17-22,24H2,1-5H3,(H,46,47);3H,1H2,2H3;3*1-2H/t28-,29?,32?,33?,36+,37-,38-,39+;;;;/m1..../s1. The Kier molecular flexibility index (Phi) is 14.8. The molecule has 8 atom stereocenters. The van der Waals surface area contributed by atoms with Gasteiger partial charge in [0.25, 0.3) is 0 Å². The minimum Gasteiger partial charge on any atom is -0.478 e. The molecule has 1 heterocycles. The normalized spacial score (nSPS) is 33.2. The number of nitrogens with one attached hydrogen (secondary N) is 1. The van der Waals surface area contributed by atoms with Crippen LogP contribution in [0.15, 0.2) is 61.3 Å². The van der Waals surface area contributed by atoms with Gasteiger partial charge in [-0.05, 0) is 145 Å². The van der Waals surface area contributed by atoms with Crippen molar-refractivity contribution < 1.29 is 23.1 Å². The first-order valence-corrected chi connectivity index (χ1v) is 19.9. The molecule has 56 heavy (non-hydrogen) atoms. The molecular formula is C49H63F3N2O2. The lowest BCUT2D eigenvalue weighted by Gasteiger charge is -2.72. The van der Waals surface area contributed by atoms with Crippen molar-refractivity contribution in [1.29, 1.82) is 0 Å². The fraction of sp³-hybridized carbons (Fsp3) is 0.551. The summed E-state index contributed by atoms with van der Waals surface area (Å²) in [6, 6.07) is 9.97. The number of rotatable bonds is 5. The summed E-state index contributed by atoms with van der Waals surface area (Å²) in [5.41, 5.74) is 2.70. The van der Waals surface area contributed by atoms with E-state index >= 15 is 0 Å². The van der Waals surface area contributed by atoms with Crippen LogP contribution in [-0.2, 0) is 12.7 Å². The molecule has 4 fully saturated rings. The molecule has 7 heteroatoms. The molecule has 0 aliphatic heterocycles. The maximum absolute atomic E-state index is 13.8. The van der Waals surface area contributed by atoms with E-state index in [1.165, 1.54) is 43.5 Å². The van der Waals surface area contributed by atoms with Crippen molar-refractivity contribution in [3.8, 4) is 38.5 Å². The van der Waals surface area contributed by atoms with Crippen LogP contribution in [-0.4, -0.2) is 21.6 Å². The zero-order chi connectivity index (χ0) is 42.3. The smallest absolute Gasteiger partial charge is 0.418 e. The van der Waals surface area contributed by atoms with Crippen LogP contribution in [0.1, 0.15) is 133 Å². The number of allylic oxidation sites excluding steroid dienone is 3. The average molecular weight is 769 g/mol. The van der Waals surface area contributed by atoms with Crippen molar-refractivity contribution in [2.75, 3.05) is 0 Å². The summed E-state index contributed by atoms with van der Waals surface area (Å²) in [4.78, 5) is 15.7. The van der Waals surface area contributed by atoms with Gasteiger partial charge < -0.3 is 10.4 Å². The van der Waals surface area contributed by atoms with Gasteiger partial charge in [-0.1, -0.05) is 65.3 Å². The molecule has 0 saturated heterocycles. The lowest BCUT2D eigenvalue weighted by molar-refractivity contribution is -0.217. The number of terminal acetylenes is 3. The number of alkyl halides is 3. The summed E-state index contributed by atoms with van der Waals surface area (Å²) >= 11 is 0. The van der Waals surface area contributed by atoms with Gasteiger partial charge in [0.2, 0.25) is 0 Å². The van der Waals surface area contributed by atoms with Crippen LogP contribution in [0.3, 0.4) is 0 Å². The van der Waals surface area contributed by atoms with E-state index in [1.54, 1.807) is 18.2 Å². The molecule has 1 aromatic carbocycles. The molecule has 0 bridgehead atoms. The van der Waals surface area contributed by atoms with Crippen LogP contribution < -0.4 is 5.32 Å². The molecule has 3 unspecified atom stereocenters. The summed E-state index contributed by atoms with van der Waals surface area (Å²) in [5.74, 6) is 1.28. The van der Waals surface area contributed by atoms with Gasteiger partial charge in [-0.15, -0.1) is 45.1 Å². The van der Waals surface area contributed by atoms with Crippen LogP contribution in [0, 0.1) is 83.9 Å². The number of halogens is 3. The molecule has 0 radical (unpaired) electrons. The van der Waals surface area contributed by atoms with Crippen molar-refractivity contribution >= 4 is 11.5 Å². The summed E-state index contributed by atoms with van der Waals surface area (Å²) in [5, 5.41) is 13.2. The largest absolute Gasteiger partial charge is 0.478 e. The quantitative estimate of drug-likeness (QED) is 0.235. The number of carboxylic acids is 1. The van der Waals surface area contributed by atoms with Crippen molar-refractivity contribution in [1.82, 2.24) is 10.3 Å². The number of carbonyl (C=O) groups is 1. The van der Waals surface area contributed by atoms with Crippen molar-refractivity contribution in [3.63, 3.8) is 0 Å². The van der Waals surface area contributed by atoms with Gasteiger partial charge in [0.05, 0.1) is 16.8 Å². The first-order chi connectivity index (χ1) is 26.5. The molecule has 5 aliphatic carbocycles. The summed E-state index contributed by atoms with van der Waals surface area (Å²) in [6.07, 6.45) is 36.6. The molecule has 2 aromatic rings. The maximum atomic E-state index is 13.8. The Morgan fingerprint density at radius 3 is 2.09 bits per heavy atom. The Hall–Kier alpha value is -4.25. The number of benzene rings is 1. The van der Waals surface area contributed by atoms with Crippen molar-refractivity contribution in [2.24, 2.45) is 45.3 Å². The van der Waals surface area contributed by atoms with E-state index in [0.717, 1.165) is 50.2 Å². The van der Waals surface area contributed by atoms with Gasteiger partial charge in [-0.2, -0.15) is 13.2 Å². The number of hydrogen-bond acceptors (Lipinski definition) is 3. The summed E-state index contributed by atoms with van der Waals surface area (Å²) < 4.78 is 41.4. The first kappa shape index (κ1) is 46.1. The molecule has 2 N–H and O–H groups in total. The highest BCUT2D eigenvalue weighted by Gasteiger charge is 2.69. The fourth-order valence-corrected chi connectivity index (χ4v) is 12.9. The van der Waals surface area contributed by atoms with Crippen molar-refractivity contribution in [2.45, 2.75) is 124 Å². The Bertz CT molecular complexity index is 1760. The number of hydrogen-bond donors (Lipinski definition) is 2. The van der Waals surface area contributed by atoms with Gasteiger partial charge in [0, 0.05) is 18.3 Å². The molecule has 0 amide bonds. The third-order valence-electron chi connectivity index (χ3n) is 15.2. The predicted molar refractivity (Wildman–Crippen MR) is 224 cm³/mol. The second-order valence-electron chi connectivity index (χ2n) is 17.5. The lowest BCUT2D eigenvalue weighted by atomic mass is 9.33. The van der Waals surface area contributed by atoms with Crippen LogP contribution >= 0.6 is 0 Å².